The smallest absolute Gasteiger partial charge is 0.433 e. The van der Waals surface area contributed by atoms with Crippen molar-refractivity contribution in [2.24, 2.45) is 11.8 Å². The summed E-state index contributed by atoms with van der Waals surface area (Å²) in [7, 11) is 0. The number of phenolic OH excluding ortho intramolecular Hbond substituents is 1. The first kappa shape index (κ1) is 43.2. The van der Waals surface area contributed by atoms with Crippen LogP contribution in [-0.4, -0.2) is 91.7 Å². The molecule has 0 radical (unpaired) electrons. The predicted molar refractivity (Wildman–Crippen MR) is 224 cm³/mol. The van der Waals surface area contributed by atoms with Crippen molar-refractivity contribution in [3.63, 3.8) is 0 Å². The van der Waals surface area contributed by atoms with Crippen molar-refractivity contribution in [3.05, 3.63) is 75.6 Å². The van der Waals surface area contributed by atoms with E-state index in [0.29, 0.717) is 35.1 Å². The van der Waals surface area contributed by atoms with Crippen LogP contribution >= 0.6 is 11.3 Å². The zero-order valence-corrected chi connectivity index (χ0v) is 35.1. The summed E-state index contributed by atoms with van der Waals surface area (Å²) in [5, 5.41) is 30.7. The third-order valence-corrected chi connectivity index (χ3v) is 13.8. The van der Waals surface area contributed by atoms with Crippen LogP contribution in [0.2, 0.25) is 0 Å². The first-order chi connectivity index (χ1) is 29.4. The molecule has 0 bridgehead atoms. The number of nitrogens with zero attached hydrogens (tertiary/aromatic N) is 4. The van der Waals surface area contributed by atoms with Crippen LogP contribution in [0.25, 0.3) is 10.2 Å². The van der Waals surface area contributed by atoms with Gasteiger partial charge in [-0.05, 0) is 127 Å². The molecule has 3 aliphatic heterocycles. The van der Waals surface area contributed by atoms with Gasteiger partial charge in [0, 0.05) is 42.4 Å². The topological polar surface area (TPSA) is 194 Å². The zero-order chi connectivity index (χ0) is 44.1. The van der Waals surface area contributed by atoms with Crippen LogP contribution in [0.5, 0.6) is 5.75 Å². The number of phenols is 1. The molecular formula is C44H48F3N7O7S. The number of aliphatic hydroxyl groups is 1. The first-order valence-corrected chi connectivity index (χ1v) is 21.8. The lowest BCUT2D eigenvalue weighted by molar-refractivity contribution is -0.141. The number of carbonyl (C=O) groups excluding carboxylic acids is 5. The van der Waals surface area contributed by atoms with E-state index in [9.17, 15) is 47.4 Å². The minimum atomic E-state index is -4.70. The molecule has 5 N–H and O–H groups in total. The van der Waals surface area contributed by atoms with E-state index in [1.807, 2.05) is 0 Å². The molecular weight excluding hydrogens is 828 g/mol. The highest BCUT2D eigenvalue weighted by Crippen LogP contribution is 2.42. The van der Waals surface area contributed by atoms with Crippen molar-refractivity contribution in [2.45, 2.75) is 95.4 Å². The van der Waals surface area contributed by atoms with Gasteiger partial charge in [0.2, 0.25) is 11.8 Å². The molecule has 2 saturated heterocycles. The number of carbonyl (C=O) groups is 5. The number of thiazole rings is 1. The van der Waals surface area contributed by atoms with Gasteiger partial charge in [-0.25, -0.2) is 9.97 Å². The molecule has 2 aromatic heterocycles. The third-order valence-electron chi connectivity index (χ3n) is 12.6. The fraction of sp³-hybridized carbons (Fsp3) is 0.477. The molecule has 14 nitrogen and oxygen atoms in total. The Morgan fingerprint density at radius 3 is 2.32 bits per heavy atom. The Balaban J connectivity index is 0.817. The van der Waals surface area contributed by atoms with Gasteiger partial charge in [-0.2, -0.15) is 13.2 Å². The van der Waals surface area contributed by atoms with Crippen molar-refractivity contribution in [1.29, 1.82) is 0 Å². The number of imide groups is 2. The fourth-order valence-electron chi connectivity index (χ4n) is 9.23. The number of pyridine rings is 1. The number of benzene rings is 2. The van der Waals surface area contributed by atoms with E-state index in [1.54, 1.807) is 32.0 Å². The lowest BCUT2D eigenvalue weighted by atomic mass is 9.81. The monoisotopic (exact) mass is 875 g/mol. The van der Waals surface area contributed by atoms with Crippen molar-refractivity contribution in [3.8, 4) is 5.75 Å². The van der Waals surface area contributed by atoms with E-state index < -0.39 is 58.7 Å². The van der Waals surface area contributed by atoms with E-state index in [0.717, 1.165) is 91.3 Å². The molecule has 4 aromatic rings. The molecule has 0 spiro atoms. The standard InChI is InChI=1S/C44H48F3N7O7S/c1-43(2,61)26-20-30-33(21-29(26)50-38(57)28-4-3-5-34(49-28)44(45,46)47)62-40(51-30)25-8-6-24(7-9-25)22-53-18-15-23(16-19-53)14-17-48-27-10-12-32(55)37-36(27)41(59)54(42(37)60)31-11-13-35(56)52-39(31)58/h3-5,10,12,20-21,23-25,31,48,55,61H,6-9,11,13-19,22H2,1-2H3,(H,50,57)(H,52,56,58)/t24-,25-,31?. The number of aromatic nitrogens is 2. The first-order valence-electron chi connectivity index (χ1n) is 21.0. The molecule has 4 aliphatic rings. The van der Waals surface area contributed by atoms with Gasteiger partial charge in [-0.1, -0.05) is 6.07 Å². The van der Waals surface area contributed by atoms with Gasteiger partial charge in [0.05, 0.1) is 32.0 Å². The van der Waals surface area contributed by atoms with Crippen LogP contribution in [0.4, 0.5) is 24.5 Å². The van der Waals surface area contributed by atoms with Gasteiger partial charge in [0.1, 0.15) is 23.2 Å². The minimum Gasteiger partial charge on any atom is -0.507 e. The Hall–Kier alpha value is -5.46. The van der Waals surface area contributed by atoms with Crippen molar-refractivity contribution in [1.82, 2.24) is 25.1 Å². The number of anilines is 2. The molecule has 1 aliphatic carbocycles. The molecule has 1 saturated carbocycles. The van der Waals surface area contributed by atoms with Gasteiger partial charge in [-0.3, -0.25) is 34.2 Å². The maximum atomic E-state index is 13.5. The number of aromatic hydroxyl groups is 1. The second-order valence-corrected chi connectivity index (χ2v) is 18.4. The Bertz CT molecular complexity index is 2430. The number of amides is 5. The summed E-state index contributed by atoms with van der Waals surface area (Å²) in [6, 6.07) is 8.42. The molecule has 5 heterocycles. The molecule has 8 rings (SSSR count). The number of likely N-dealkylation sites (tertiary alicyclic amines) is 1. The molecule has 1 atom stereocenters. The number of alkyl halides is 3. The maximum Gasteiger partial charge on any atom is 0.433 e. The van der Waals surface area contributed by atoms with E-state index in [2.05, 4.69) is 25.8 Å². The van der Waals surface area contributed by atoms with Crippen LogP contribution in [0.15, 0.2) is 42.5 Å². The van der Waals surface area contributed by atoms with Gasteiger partial charge < -0.3 is 25.7 Å². The van der Waals surface area contributed by atoms with Crippen LogP contribution in [0, 0.1) is 11.8 Å². The number of piperidine rings is 2. The van der Waals surface area contributed by atoms with Crippen molar-refractivity contribution < 1.29 is 47.4 Å². The Labute approximate surface area is 359 Å². The van der Waals surface area contributed by atoms with Crippen LogP contribution in [0.3, 0.4) is 0 Å². The van der Waals surface area contributed by atoms with Crippen molar-refractivity contribution in [2.75, 3.05) is 36.8 Å². The summed E-state index contributed by atoms with van der Waals surface area (Å²) in [4.78, 5) is 75.8. The second kappa shape index (κ2) is 17.0. The molecule has 328 valence electrons. The summed E-state index contributed by atoms with van der Waals surface area (Å²) < 4.78 is 40.6. The molecule has 1 unspecified atom stereocenters. The minimum absolute atomic E-state index is 0.00739. The van der Waals surface area contributed by atoms with Gasteiger partial charge in [0.15, 0.2) is 0 Å². The lowest BCUT2D eigenvalue weighted by Crippen LogP contribution is -2.54. The predicted octanol–water partition coefficient (Wildman–Crippen LogP) is 6.78. The summed E-state index contributed by atoms with van der Waals surface area (Å²) in [5.41, 5.74) is -1.25. The Morgan fingerprint density at radius 1 is 0.903 bits per heavy atom. The van der Waals surface area contributed by atoms with Crippen molar-refractivity contribution >= 4 is 62.5 Å². The average molecular weight is 876 g/mol. The molecule has 3 fully saturated rings. The average Bonchev–Trinajstić information content (AvgIpc) is 3.76. The van der Waals surface area contributed by atoms with Gasteiger partial charge in [-0.15, -0.1) is 11.3 Å². The summed E-state index contributed by atoms with van der Waals surface area (Å²) in [6.45, 7) is 6.69. The van der Waals surface area contributed by atoms with E-state index in [1.165, 1.54) is 23.5 Å². The SMILES string of the molecule is CC(C)(O)c1cc2nc([C@H]3CC[C@H](CN4CCC(CCNc5ccc(O)c6c5C(=O)N(C5CCC(=O)NC5=O)C6=O)CC4)CC3)sc2cc1NC(=O)c1cccc(C(F)(F)F)n1. The quantitative estimate of drug-likeness (QED) is 0.0788. The summed E-state index contributed by atoms with van der Waals surface area (Å²) in [6.07, 6.45) is 2.34. The summed E-state index contributed by atoms with van der Waals surface area (Å²) in [5.74, 6) is -2.44. The van der Waals surface area contributed by atoms with Gasteiger partial charge >= 0.3 is 6.18 Å². The summed E-state index contributed by atoms with van der Waals surface area (Å²) >= 11 is 1.53. The molecule has 5 amide bonds. The van der Waals surface area contributed by atoms with Crippen LogP contribution < -0.4 is 16.0 Å². The molecule has 2 aromatic carbocycles. The van der Waals surface area contributed by atoms with E-state index in [-0.39, 0.29) is 41.3 Å². The highest BCUT2D eigenvalue weighted by molar-refractivity contribution is 7.18. The van der Waals surface area contributed by atoms with Crippen LogP contribution in [-0.2, 0) is 21.4 Å². The maximum absolute atomic E-state index is 13.5. The molecule has 18 heteroatoms. The number of hydrogen-bond acceptors (Lipinski definition) is 12. The number of hydrogen-bond donors (Lipinski definition) is 5. The number of fused-ring (bicyclic) bond motifs is 2. The zero-order valence-electron chi connectivity index (χ0n) is 34.3. The highest BCUT2D eigenvalue weighted by atomic mass is 32.1. The molecule has 62 heavy (non-hydrogen) atoms. The lowest BCUT2D eigenvalue weighted by Gasteiger charge is -2.36. The van der Waals surface area contributed by atoms with E-state index >= 15 is 0 Å². The van der Waals surface area contributed by atoms with Crippen LogP contribution in [0.1, 0.15) is 125 Å². The number of halogens is 3. The Morgan fingerprint density at radius 2 is 1.63 bits per heavy atom. The number of nitrogens with one attached hydrogen (secondary N) is 3. The largest absolute Gasteiger partial charge is 0.507 e. The third kappa shape index (κ3) is 8.90. The fourth-order valence-corrected chi connectivity index (χ4v) is 10.4. The highest BCUT2D eigenvalue weighted by Gasteiger charge is 2.47. The van der Waals surface area contributed by atoms with Gasteiger partial charge in [0.25, 0.3) is 17.7 Å². The second-order valence-electron chi connectivity index (χ2n) is 17.3. The van der Waals surface area contributed by atoms with E-state index in [4.69, 9.17) is 4.98 Å². The normalized spacial score (nSPS) is 21.6. The Kier molecular flexibility index (Phi) is 11.9. The number of rotatable bonds is 11.